The normalized spacial score (nSPS) is 12.2. The van der Waals surface area contributed by atoms with E-state index in [1.165, 1.54) is 6.20 Å². The summed E-state index contributed by atoms with van der Waals surface area (Å²) in [6.45, 7) is 4.72. The van der Waals surface area contributed by atoms with E-state index >= 15 is 0 Å². The van der Waals surface area contributed by atoms with Gasteiger partial charge in [-0.05, 0) is 6.92 Å². The minimum absolute atomic E-state index is 0.0950. The quantitative estimate of drug-likeness (QED) is 0.798. The number of amides is 1. The molecule has 2 aromatic heterocycles. The second-order valence-electron chi connectivity index (χ2n) is 5.07. The van der Waals surface area contributed by atoms with Crippen LogP contribution in [-0.2, 0) is 20.8 Å². The number of carbonyl (C=O) groups excluding carboxylic acids is 1. The van der Waals surface area contributed by atoms with Crippen LogP contribution in [0.3, 0.4) is 0 Å². The molecule has 2 heterocycles. The summed E-state index contributed by atoms with van der Waals surface area (Å²) >= 11 is 0. The number of aromatic nitrogens is 4. The molecule has 0 saturated heterocycles. The van der Waals surface area contributed by atoms with Crippen molar-refractivity contribution in [3.05, 3.63) is 35.5 Å². The Bertz CT molecular complexity index is 898. The molecule has 0 aliphatic rings. The topological polar surface area (TPSA) is 110 Å². The van der Waals surface area contributed by atoms with Crippen LogP contribution in [0.2, 0.25) is 0 Å². The second-order valence-corrected chi connectivity index (χ2v) is 7.14. The van der Waals surface area contributed by atoms with Crippen molar-refractivity contribution in [2.24, 2.45) is 0 Å². The Labute approximate surface area is 140 Å². The molecule has 0 fully saturated rings. The Hall–Kier alpha value is -2.63. The molecule has 25 heavy (non-hydrogen) atoms. The number of nitrogens with zero attached hydrogens (tertiary/aromatic N) is 3. The van der Waals surface area contributed by atoms with Crippen molar-refractivity contribution in [2.45, 2.75) is 19.5 Å². The molecule has 0 aliphatic carbocycles. The molecule has 0 atom stereocenters. The van der Waals surface area contributed by atoms with Gasteiger partial charge in [-0.2, -0.15) is 18.3 Å². The number of sulfone groups is 1. The van der Waals surface area contributed by atoms with Crippen molar-refractivity contribution in [1.82, 2.24) is 20.0 Å². The first kappa shape index (κ1) is 18.7. The summed E-state index contributed by atoms with van der Waals surface area (Å²) in [5.74, 6) is -1.02. The number of hydrogen-bond donors (Lipinski definition) is 2. The van der Waals surface area contributed by atoms with Crippen LogP contribution in [0.25, 0.3) is 5.82 Å². The first-order valence-corrected chi connectivity index (χ1v) is 8.57. The average molecular weight is 377 g/mol. The average Bonchev–Trinajstić information content (AvgIpc) is 3.13. The lowest BCUT2D eigenvalue weighted by molar-refractivity contribution is -0.141. The maximum atomic E-state index is 12.6. The molecule has 2 N–H and O–H groups in total. The van der Waals surface area contributed by atoms with Gasteiger partial charge in [-0.3, -0.25) is 9.89 Å². The Morgan fingerprint density at radius 3 is 2.72 bits per heavy atom. The number of halogens is 3. The summed E-state index contributed by atoms with van der Waals surface area (Å²) in [5.41, 5.74) is -0.563. The van der Waals surface area contributed by atoms with E-state index < -0.39 is 33.4 Å². The van der Waals surface area contributed by atoms with Gasteiger partial charge >= 0.3 is 6.18 Å². The third-order valence-electron chi connectivity index (χ3n) is 3.13. The number of aromatic amines is 1. The molecule has 12 heteroatoms. The number of nitrogens with one attached hydrogen (secondary N) is 2. The predicted octanol–water partition coefficient (Wildman–Crippen LogP) is 1.81. The molecule has 8 nitrogen and oxygen atoms in total. The summed E-state index contributed by atoms with van der Waals surface area (Å²) in [6, 6.07) is 0.773. The molecule has 136 valence electrons. The van der Waals surface area contributed by atoms with E-state index in [-0.39, 0.29) is 18.1 Å². The molecular weight excluding hydrogens is 363 g/mol. The monoisotopic (exact) mass is 377 g/mol. The maximum Gasteiger partial charge on any atom is 0.432 e. The highest BCUT2D eigenvalue weighted by molar-refractivity contribution is 7.94. The summed E-state index contributed by atoms with van der Waals surface area (Å²) < 4.78 is 61.3. The summed E-state index contributed by atoms with van der Waals surface area (Å²) in [6.07, 6.45) is -3.49. The van der Waals surface area contributed by atoms with Crippen molar-refractivity contribution in [2.75, 3.05) is 11.1 Å². The highest BCUT2D eigenvalue weighted by atomic mass is 32.2. The smallest absolute Gasteiger partial charge is 0.309 e. The van der Waals surface area contributed by atoms with Crippen LogP contribution in [0.5, 0.6) is 0 Å². The lowest BCUT2D eigenvalue weighted by Gasteiger charge is -2.02. The zero-order valence-electron chi connectivity index (χ0n) is 13.0. The van der Waals surface area contributed by atoms with Gasteiger partial charge in [0.1, 0.15) is 5.69 Å². The van der Waals surface area contributed by atoms with Crippen LogP contribution in [-0.4, -0.2) is 40.1 Å². The van der Waals surface area contributed by atoms with Gasteiger partial charge in [-0.25, -0.2) is 13.1 Å². The second kappa shape index (κ2) is 6.70. The Morgan fingerprint density at radius 2 is 2.16 bits per heavy atom. The molecular formula is C13H14F3N5O3S. The predicted molar refractivity (Wildman–Crippen MR) is 82.7 cm³/mol. The number of anilines is 1. The fraction of sp³-hybridized carbons (Fsp3) is 0.308. The van der Waals surface area contributed by atoms with E-state index in [9.17, 15) is 26.4 Å². The van der Waals surface area contributed by atoms with Gasteiger partial charge in [0.05, 0.1) is 5.75 Å². The number of carbonyl (C=O) groups is 1. The van der Waals surface area contributed by atoms with Crippen LogP contribution in [0.4, 0.5) is 19.0 Å². The number of rotatable bonds is 6. The molecule has 0 aliphatic heterocycles. The number of aryl methyl sites for hydroxylation is 1. The Balaban J connectivity index is 2.11. The van der Waals surface area contributed by atoms with Gasteiger partial charge in [-0.1, -0.05) is 6.58 Å². The fourth-order valence-electron chi connectivity index (χ4n) is 1.79. The minimum Gasteiger partial charge on any atom is -0.309 e. The van der Waals surface area contributed by atoms with Gasteiger partial charge in [0.25, 0.3) is 0 Å². The molecule has 0 aromatic carbocycles. The van der Waals surface area contributed by atoms with Gasteiger partial charge in [-0.15, -0.1) is 5.10 Å². The van der Waals surface area contributed by atoms with Crippen LogP contribution in [0.15, 0.2) is 24.3 Å². The first-order chi connectivity index (χ1) is 11.5. The molecule has 2 rings (SSSR count). The molecule has 0 radical (unpaired) electrons. The van der Waals surface area contributed by atoms with E-state index in [0.717, 1.165) is 16.2 Å². The van der Waals surface area contributed by atoms with Crippen molar-refractivity contribution in [3.8, 4) is 5.82 Å². The molecule has 0 saturated carbocycles. The Morgan fingerprint density at radius 1 is 1.48 bits per heavy atom. The van der Waals surface area contributed by atoms with Gasteiger partial charge in [0.15, 0.2) is 21.5 Å². The highest BCUT2D eigenvalue weighted by Crippen LogP contribution is 2.28. The van der Waals surface area contributed by atoms with Gasteiger partial charge < -0.3 is 5.32 Å². The summed E-state index contributed by atoms with van der Waals surface area (Å²) in [4.78, 5) is 11.8. The van der Waals surface area contributed by atoms with Gasteiger partial charge in [0.2, 0.25) is 5.91 Å². The molecule has 2 aromatic rings. The first-order valence-electron chi connectivity index (χ1n) is 6.86. The third-order valence-corrected chi connectivity index (χ3v) is 4.41. The van der Waals surface area contributed by atoms with Crippen molar-refractivity contribution in [1.29, 1.82) is 0 Å². The molecule has 1 amide bonds. The summed E-state index contributed by atoms with van der Waals surface area (Å²) in [7, 11) is -3.51. The van der Waals surface area contributed by atoms with Crippen LogP contribution < -0.4 is 5.32 Å². The van der Waals surface area contributed by atoms with Crippen molar-refractivity contribution >= 4 is 21.6 Å². The number of hydrogen-bond acceptors (Lipinski definition) is 5. The number of H-pyrrole nitrogens is 1. The minimum atomic E-state index is -4.57. The molecule has 0 bridgehead atoms. The van der Waals surface area contributed by atoms with E-state index in [1.54, 1.807) is 6.92 Å². The zero-order valence-corrected chi connectivity index (χ0v) is 13.8. The third kappa shape index (κ3) is 4.68. The van der Waals surface area contributed by atoms with Crippen LogP contribution in [0.1, 0.15) is 17.7 Å². The van der Waals surface area contributed by atoms with Crippen molar-refractivity contribution < 1.29 is 26.4 Å². The van der Waals surface area contributed by atoms with Crippen molar-refractivity contribution in [3.63, 3.8) is 0 Å². The Kier molecular flexibility index (Phi) is 5.02. The zero-order chi connectivity index (χ0) is 18.8. The maximum absolute atomic E-state index is 12.6. The highest BCUT2D eigenvalue weighted by Gasteiger charge is 2.33. The van der Waals surface area contributed by atoms with E-state index in [4.69, 9.17) is 0 Å². The van der Waals surface area contributed by atoms with Crippen LogP contribution in [0, 0.1) is 6.92 Å². The SMILES string of the molecule is C=CS(=O)(=O)CCC(=O)Nc1nn(-c2cc(C(F)(F)F)[nH]n2)cc1C. The largest absolute Gasteiger partial charge is 0.432 e. The van der Waals surface area contributed by atoms with E-state index in [0.29, 0.717) is 5.56 Å². The summed E-state index contributed by atoms with van der Waals surface area (Å²) in [5, 5.41) is 12.5. The standard InChI is InChI=1S/C13H14F3N5O3S/c1-3-25(23,24)5-4-11(22)17-12-8(2)7-21(20-12)10-6-9(18-19-10)13(14,15)16/h3,6-7H,1,4-5H2,2H3,(H,18,19)(H,17,20,22). The van der Waals surface area contributed by atoms with E-state index in [1.807, 2.05) is 5.10 Å². The van der Waals surface area contributed by atoms with E-state index in [2.05, 4.69) is 22.1 Å². The fourth-order valence-corrected chi connectivity index (χ4v) is 2.42. The van der Waals surface area contributed by atoms with Gasteiger partial charge in [0, 0.05) is 29.7 Å². The lowest BCUT2D eigenvalue weighted by Crippen LogP contribution is -2.17. The number of alkyl halides is 3. The molecule has 0 spiro atoms. The molecule has 0 unspecified atom stereocenters. The van der Waals surface area contributed by atoms with Crippen LogP contribution >= 0.6 is 0 Å². The lowest BCUT2D eigenvalue weighted by atomic mass is 10.3.